The Morgan fingerprint density at radius 2 is 1.71 bits per heavy atom. The number of hydrogen-bond donors (Lipinski definition) is 2. The van der Waals surface area contributed by atoms with E-state index in [1.165, 1.54) is 12.1 Å². The van der Waals surface area contributed by atoms with Gasteiger partial charge in [-0.2, -0.15) is 13.2 Å². The second-order valence-electron chi connectivity index (χ2n) is 2.73. The van der Waals surface area contributed by atoms with Crippen molar-refractivity contribution in [1.82, 2.24) is 0 Å². The molecular formula is C9H10F3NO. The highest BCUT2D eigenvalue weighted by Crippen LogP contribution is 2.29. The fourth-order valence-corrected chi connectivity index (χ4v) is 0.977. The minimum Gasteiger partial charge on any atom is -0.395 e. The third-order valence-corrected chi connectivity index (χ3v) is 1.65. The van der Waals surface area contributed by atoms with Crippen molar-refractivity contribution in [2.24, 2.45) is 0 Å². The van der Waals surface area contributed by atoms with Gasteiger partial charge >= 0.3 is 6.18 Å². The standard InChI is InChI=1S/C9H10F3NO/c10-9(11,12)7-1-3-8(4-2-7)13-5-6-14/h1-4,13-14H,5-6H2. The molecule has 14 heavy (non-hydrogen) atoms. The molecule has 0 radical (unpaired) electrons. The highest BCUT2D eigenvalue weighted by molar-refractivity contribution is 5.44. The number of aliphatic hydroxyl groups is 1. The summed E-state index contributed by atoms with van der Waals surface area (Å²) in [6.45, 7) is 0.270. The van der Waals surface area contributed by atoms with Gasteiger partial charge in [0, 0.05) is 12.2 Å². The first kappa shape index (κ1) is 10.8. The van der Waals surface area contributed by atoms with E-state index in [-0.39, 0.29) is 6.61 Å². The Labute approximate surface area is 79.4 Å². The van der Waals surface area contributed by atoms with E-state index < -0.39 is 11.7 Å². The molecular weight excluding hydrogens is 195 g/mol. The SMILES string of the molecule is OCCNc1ccc(C(F)(F)F)cc1. The van der Waals surface area contributed by atoms with Crippen LogP contribution in [0.5, 0.6) is 0 Å². The average molecular weight is 205 g/mol. The van der Waals surface area contributed by atoms with Crippen molar-refractivity contribution in [3.8, 4) is 0 Å². The lowest BCUT2D eigenvalue weighted by Crippen LogP contribution is -2.07. The molecule has 0 spiro atoms. The van der Waals surface area contributed by atoms with Crippen molar-refractivity contribution in [3.05, 3.63) is 29.8 Å². The van der Waals surface area contributed by atoms with Gasteiger partial charge in [0.1, 0.15) is 0 Å². The van der Waals surface area contributed by atoms with Crippen LogP contribution in [0.25, 0.3) is 0 Å². The van der Waals surface area contributed by atoms with Crippen molar-refractivity contribution >= 4 is 5.69 Å². The van der Waals surface area contributed by atoms with Crippen LogP contribution in [-0.4, -0.2) is 18.3 Å². The van der Waals surface area contributed by atoms with E-state index in [4.69, 9.17) is 5.11 Å². The summed E-state index contributed by atoms with van der Waals surface area (Å²) in [6.07, 6.45) is -4.30. The lowest BCUT2D eigenvalue weighted by molar-refractivity contribution is -0.137. The van der Waals surface area contributed by atoms with Gasteiger partial charge in [0.05, 0.1) is 12.2 Å². The molecule has 0 saturated heterocycles. The third kappa shape index (κ3) is 2.92. The number of nitrogens with one attached hydrogen (secondary N) is 1. The molecule has 78 valence electrons. The smallest absolute Gasteiger partial charge is 0.395 e. The van der Waals surface area contributed by atoms with Crippen molar-refractivity contribution < 1.29 is 18.3 Å². The Morgan fingerprint density at radius 1 is 1.14 bits per heavy atom. The number of anilines is 1. The highest BCUT2D eigenvalue weighted by atomic mass is 19.4. The Bertz CT molecular complexity index is 281. The lowest BCUT2D eigenvalue weighted by Gasteiger charge is -2.08. The number of hydrogen-bond acceptors (Lipinski definition) is 2. The number of alkyl halides is 3. The number of rotatable bonds is 3. The van der Waals surface area contributed by atoms with E-state index in [1.54, 1.807) is 0 Å². The summed E-state index contributed by atoms with van der Waals surface area (Å²) in [5.41, 5.74) is -0.112. The first-order valence-corrected chi connectivity index (χ1v) is 4.06. The van der Waals surface area contributed by atoms with Crippen LogP contribution >= 0.6 is 0 Å². The molecule has 0 heterocycles. The average Bonchev–Trinajstić information content (AvgIpc) is 2.14. The van der Waals surface area contributed by atoms with Crippen LogP contribution in [0.2, 0.25) is 0 Å². The Kier molecular flexibility index (Phi) is 3.35. The maximum absolute atomic E-state index is 12.1. The van der Waals surface area contributed by atoms with E-state index in [9.17, 15) is 13.2 Å². The van der Waals surface area contributed by atoms with E-state index in [2.05, 4.69) is 5.32 Å². The summed E-state index contributed by atoms with van der Waals surface area (Å²) >= 11 is 0. The zero-order chi connectivity index (χ0) is 10.6. The molecule has 0 aliphatic carbocycles. The molecule has 0 amide bonds. The zero-order valence-corrected chi connectivity index (χ0v) is 7.30. The number of halogens is 3. The van der Waals surface area contributed by atoms with E-state index in [0.29, 0.717) is 12.2 Å². The molecule has 1 aromatic carbocycles. The molecule has 1 rings (SSSR count). The predicted molar refractivity (Wildman–Crippen MR) is 47.0 cm³/mol. The van der Waals surface area contributed by atoms with Gasteiger partial charge in [-0.3, -0.25) is 0 Å². The monoisotopic (exact) mass is 205 g/mol. The molecule has 0 atom stereocenters. The minimum atomic E-state index is -4.30. The molecule has 0 bridgehead atoms. The van der Waals surface area contributed by atoms with Crippen LogP contribution in [0.1, 0.15) is 5.56 Å². The zero-order valence-electron chi connectivity index (χ0n) is 7.30. The minimum absolute atomic E-state index is 0.0545. The van der Waals surface area contributed by atoms with Crippen molar-refractivity contribution in [2.75, 3.05) is 18.5 Å². The van der Waals surface area contributed by atoms with Gasteiger partial charge in [0.2, 0.25) is 0 Å². The second-order valence-corrected chi connectivity index (χ2v) is 2.73. The molecule has 2 nitrogen and oxygen atoms in total. The number of aliphatic hydroxyl groups excluding tert-OH is 1. The normalized spacial score (nSPS) is 11.4. The fraction of sp³-hybridized carbons (Fsp3) is 0.333. The van der Waals surface area contributed by atoms with E-state index >= 15 is 0 Å². The lowest BCUT2D eigenvalue weighted by atomic mass is 10.2. The van der Waals surface area contributed by atoms with Gasteiger partial charge < -0.3 is 10.4 Å². The summed E-state index contributed by atoms with van der Waals surface area (Å²) in [5.74, 6) is 0. The van der Waals surface area contributed by atoms with Gasteiger partial charge in [0.25, 0.3) is 0 Å². The van der Waals surface area contributed by atoms with Crippen molar-refractivity contribution in [1.29, 1.82) is 0 Å². The Morgan fingerprint density at radius 3 is 2.14 bits per heavy atom. The second kappa shape index (κ2) is 4.32. The predicted octanol–water partition coefficient (Wildman–Crippen LogP) is 2.11. The van der Waals surface area contributed by atoms with Gasteiger partial charge in [-0.05, 0) is 24.3 Å². The van der Waals surface area contributed by atoms with Crippen LogP contribution in [0.15, 0.2) is 24.3 Å². The quantitative estimate of drug-likeness (QED) is 0.792. The maximum Gasteiger partial charge on any atom is 0.416 e. The summed E-state index contributed by atoms with van der Waals surface area (Å²) < 4.78 is 36.3. The summed E-state index contributed by atoms with van der Waals surface area (Å²) in [7, 11) is 0. The molecule has 1 aromatic rings. The first-order valence-electron chi connectivity index (χ1n) is 4.06. The van der Waals surface area contributed by atoms with Gasteiger partial charge in [-0.15, -0.1) is 0 Å². The van der Waals surface area contributed by atoms with Crippen LogP contribution in [-0.2, 0) is 6.18 Å². The summed E-state index contributed by atoms with van der Waals surface area (Å²) in [5, 5.41) is 11.2. The van der Waals surface area contributed by atoms with Gasteiger partial charge in [-0.1, -0.05) is 0 Å². The molecule has 0 aliphatic rings. The van der Waals surface area contributed by atoms with Crippen LogP contribution in [0.4, 0.5) is 18.9 Å². The molecule has 0 aliphatic heterocycles. The van der Waals surface area contributed by atoms with Crippen LogP contribution < -0.4 is 5.32 Å². The van der Waals surface area contributed by atoms with Crippen molar-refractivity contribution in [3.63, 3.8) is 0 Å². The fourth-order valence-electron chi connectivity index (χ4n) is 0.977. The molecule has 2 N–H and O–H groups in total. The maximum atomic E-state index is 12.1. The van der Waals surface area contributed by atoms with Crippen LogP contribution in [0, 0.1) is 0 Å². The summed E-state index contributed by atoms with van der Waals surface area (Å²) in [6, 6.07) is 4.66. The molecule has 0 aromatic heterocycles. The van der Waals surface area contributed by atoms with E-state index in [0.717, 1.165) is 12.1 Å². The third-order valence-electron chi connectivity index (χ3n) is 1.65. The molecule has 0 saturated carbocycles. The van der Waals surface area contributed by atoms with E-state index in [1.807, 2.05) is 0 Å². The Balaban J connectivity index is 2.69. The highest BCUT2D eigenvalue weighted by Gasteiger charge is 2.29. The topological polar surface area (TPSA) is 32.3 Å². The first-order chi connectivity index (χ1) is 6.54. The van der Waals surface area contributed by atoms with Crippen molar-refractivity contribution in [2.45, 2.75) is 6.18 Å². The number of benzene rings is 1. The van der Waals surface area contributed by atoms with Crippen LogP contribution in [0.3, 0.4) is 0 Å². The summed E-state index contributed by atoms with van der Waals surface area (Å²) in [4.78, 5) is 0. The molecule has 0 unspecified atom stereocenters. The molecule has 0 fully saturated rings. The molecule has 5 heteroatoms. The largest absolute Gasteiger partial charge is 0.416 e. The Hall–Kier alpha value is -1.23. The van der Waals surface area contributed by atoms with Gasteiger partial charge in [-0.25, -0.2) is 0 Å². The van der Waals surface area contributed by atoms with Gasteiger partial charge in [0.15, 0.2) is 0 Å².